The molecule has 2 nitrogen and oxygen atoms in total. The Bertz CT molecular complexity index is 402. The summed E-state index contributed by atoms with van der Waals surface area (Å²) < 4.78 is 0. The van der Waals surface area contributed by atoms with Crippen LogP contribution in [0.5, 0.6) is 0 Å². The van der Waals surface area contributed by atoms with Gasteiger partial charge in [0.05, 0.1) is 8.07 Å². The number of nitrogens with one attached hydrogen (secondary N) is 1. The predicted octanol–water partition coefficient (Wildman–Crippen LogP) is 2.81. The van der Waals surface area contributed by atoms with Gasteiger partial charge in [-0.3, -0.25) is 4.90 Å². The summed E-state index contributed by atoms with van der Waals surface area (Å²) in [4.78, 5) is 2.64. The fourth-order valence-electron chi connectivity index (χ4n) is 3.02. The summed E-state index contributed by atoms with van der Waals surface area (Å²) in [5.41, 5.74) is 1.47. The third-order valence-electron chi connectivity index (χ3n) is 4.44. The zero-order chi connectivity index (χ0) is 14.6. The van der Waals surface area contributed by atoms with E-state index >= 15 is 0 Å². The molecule has 20 heavy (non-hydrogen) atoms. The van der Waals surface area contributed by atoms with Crippen LogP contribution in [0.15, 0.2) is 24.3 Å². The monoisotopic (exact) mass is 290 g/mol. The Kier molecular flexibility index (Phi) is 5.41. The number of rotatable bonds is 5. The van der Waals surface area contributed by atoms with E-state index in [0.29, 0.717) is 0 Å². The Morgan fingerprint density at radius 2 is 1.70 bits per heavy atom. The molecule has 1 aromatic carbocycles. The van der Waals surface area contributed by atoms with E-state index in [4.69, 9.17) is 0 Å². The summed E-state index contributed by atoms with van der Waals surface area (Å²) in [6, 6.07) is 10.2. The van der Waals surface area contributed by atoms with Crippen LogP contribution in [0.1, 0.15) is 25.3 Å². The zero-order valence-electron chi connectivity index (χ0n) is 13.6. The minimum atomic E-state index is -1.16. The first-order chi connectivity index (χ1) is 9.50. The maximum atomic E-state index is 3.46. The maximum absolute atomic E-state index is 3.46. The molecule has 0 unspecified atom stereocenters. The summed E-state index contributed by atoms with van der Waals surface area (Å²) in [5, 5.41) is 5.02. The number of hydrogen-bond acceptors (Lipinski definition) is 2. The van der Waals surface area contributed by atoms with Crippen molar-refractivity contribution in [3.63, 3.8) is 0 Å². The summed E-state index contributed by atoms with van der Waals surface area (Å²) >= 11 is 0. The molecule has 0 spiro atoms. The minimum Gasteiger partial charge on any atom is -0.317 e. The van der Waals surface area contributed by atoms with E-state index in [1.807, 2.05) is 0 Å². The van der Waals surface area contributed by atoms with Gasteiger partial charge in [-0.1, -0.05) is 56.0 Å². The van der Waals surface area contributed by atoms with Crippen molar-refractivity contribution in [3.8, 4) is 0 Å². The fraction of sp³-hybridized carbons (Fsp3) is 0.647. The molecule has 0 atom stereocenters. The van der Waals surface area contributed by atoms with Crippen molar-refractivity contribution in [2.45, 2.75) is 52.0 Å². The first-order valence-corrected chi connectivity index (χ1v) is 11.5. The van der Waals surface area contributed by atoms with E-state index in [1.165, 1.54) is 31.5 Å². The van der Waals surface area contributed by atoms with Crippen molar-refractivity contribution in [2.24, 2.45) is 0 Å². The van der Waals surface area contributed by atoms with Gasteiger partial charge in [0, 0.05) is 12.6 Å². The smallest absolute Gasteiger partial charge is 0.0775 e. The molecule has 0 aliphatic carbocycles. The van der Waals surface area contributed by atoms with Gasteiger partial charge in [-0.25, -0.2) is 0 Å². The van der Waals surface area contributed by atoms with Gasteiger partial charge >= 0.3 is 0 Å². The van der Waals surface area contributed by atoms with Crippen LogP contribution in [0.25, 0.3) is 0 Å². The molecule has 3 heteroatoms. The molecule has 2 rings (SSSR count). The molecule has 1 saturated heterocycles. The van der Waals surface area contributed by atoms with Gasteiger partial charge in [0.25, 0.3) is 0 Å². The van der Waals surface area contributed by atoms with E-state index < -0.39 is 8.07 Å². The van der Waals surface area contributed by atoms with Crippen LogP contribution >= 0.6 is 0 Å². The highest BCUT2D eigenvalue weighted by Gasteiger charge is 2.20. The summed E-state index contributed by atoms with van der Waals surface area (Å²) in [5.74, 6) is 0. The predicted molar refractivity (Wildman–Crippen MR) is 91.4 cm³/mol. The molecule has 1 aliphatic heterocycles. The Hall–Kier alpha value is -0.643. The van der Waals surface area contributed by atoms with E-state index in [1.54, 1.807) is 5.19 Å². The molecule has 1 aromatic rings. The van der Waals surface area contributed by atoms with Gasteiger partial charge in [0.2, 0.25) is 0 Å². The average molecular weight is 291 g/mol. The van der Waals surface area contributed by atoms with E-state index in [0.717, 1.165) is 19.1 Å². The van der Waals surface area contributed by atoms with Crippen molar-refractivity contribution in [2.75, 3.05) is 19.6 Å². The van der Waals surface area contributed by atoms with Gasteiger partial charge in [-0.2, -0.15) is 0 Å². The Morgan fingerprint density at radius 3 is 2.20 bits per heavy atom. The molecular weight excluding hydrogens is 260 g/mol. The first-order valence-electron chi connectivity index (χ1n) is 8.05. The number of piperidine rings is 1. The third kappa shape index (κ3) is 4.17. The van der Waals surface area contributed by atoms with Crippen molar-refractivity contribution in [3.05, 3.63) is 29.8 Å². The second-order valence-corrected chi connectivity index (χ2v) is 12.1. The molecule has 0 aromatic heterocycles. The lowest BCUT2D eigenvalue weighted by Gasteiger charge is -2.34. The molecule has 1 heterocycles. The van der Waals surface area contributed by atoms with Crippen LogP contribution in [0, 0.1) is 0 Å². The lowest BCUT2D eigenvalue weighted by atomic mass is 10.0. The minimum absolute atomic E-state index is 0.762. The van der Waals surface area contributed by atoms with Gasteiger partial charge < -0.3 is 5.32 Å². The quantitative estimate of drug-likeness (QED) is 0.839. The molecular formula is C17H30N2Si. The third-order valence-corrected chi connectivity index (χ3v) is 6.50. The molecule has 1 aliphatic rings. The highest BCUT2D eigenvalue weighted by atomic mass is 28.3. The van der Waals surface area contributed by atoms with Gasteiger partial charge in [-0.15, -0.1) is 0 Å². The summed E-state index contributed by atoms with van der Waals surface area (Å²) in [6.07, 6.45) is 2.58. The summed E-state index contributed by atoms with van der Waals surface area (Å²) in [7, 11) is -1.16. The molecule has 0 bridgehead atoms. The lowest BCUT2D eigenvalue weighted by molar-refractivity contribution is 0.162. The molecule has 112 valence electrons. The van der Waals surface area contributed by atoms with Crippen molar-refractivity contribution >= 4 is 13.3 Å². The van der Waals surface area contributed by atoms with E-state index in [-0.39, 0.29) is 0 Å². The SMILES string of the molecule is CCN(Cc1ccc([Si](C)(C)C)cc1)C1CCNCC1. The van der Waals surface area contributed by atoms with Crippen molar-refractivity contribution in [1.29, 1.82) is 0 Å². The second-order valence-electron chi connectivity index (χ2n) is 6.99. The molecule has 0 radical (unpaired) electrons. The van der Waals surface area contributed by atoms with Crippen LogP contribution in [-0.4, -0.2) is 38.6 Å². The van der Waals surface area contributed by atoms with Crippen LogP contribution in [0.4, 0.5) is 0 Å². The second kappa shape index (κ2) is 6.88. The average Bonchev–Trinajstić information content (AvgIpc) is 2.45. The molecule has 0 saturated carbocycles. The largest absolute Gasteiger partial charge is 0.317 e. The van der Waals surface area contributed by atoms with Crippen LogP contribution in [0.3, 0.4) is 0 Å². The molecule has 1 N–H and O–H groups in total. The number of hydrogen-bond donors (Lipinski definition) is 1. The Labute approximate surface area is 125 Å². The number of benzene rings is 1. The zero-order valence-corrected chi connectivity index (χ0v) is 14.6. The fourth-order valence-corrected chi connectivity index (χ4v) is 4.18. The van der Waals surface area contributed by atoms with Crippen LogP contribution < -0.4 is 10.5 Å². The first kappa shape index (κ1) is 15.7. The lowest BCUT2D eigenvalue weighted by Crippen LogP contribution is -2.42. The van der Waals surface area contributed by atoms with Crippen molar-refractivity contribution in [1.82, 2.24) is 10.2 Å². The van der Waals surface area contributed by atoms with Crippen LogP contribution in [-0.2, 0) is 6.54 Å². The van der Waals surface area contributed by atoms with Gasteiger partial charge in [0.1, 0.15) is 0 Å². The molecule has 0 amide bonds. The van der Waals surface area contributed by atoms with Gasteiger partial charge in [-0.05, 0) is 38.0 Å². The normalized spacial score (nSPS) is 17.6. The number of nitrogens with zero attached hydrogens (tertiary/aromatic N) is 1. The highest BCUT2D eigenvalue weighted by molar-refractivity contribution is 6.88. The topological polar surface area (TPSA) is 15.3 Å². The summed E-state index contributed by atoms with van der Waals surface area (Å²) in [6.45, 7) is 14.1. The Balaban J connectivity index is 2.00. The molecule has 1 fully saturated rings. The van der Waals surface area contributed by atoms with Crippen LogP contribution in [0.2, 0.25) is 19.6 Å². The van der Waals surface area contributed by atoms with E-state index in [9.17, 15) is 0 Å². The maximum Gasteiger partial charge on any atom is 0.0775 e. The van der Waals surface area contributed by atoms with Crippen molar-refractivity contribution < 1.29 is 0 Å². The highest BCUT2D eigenvalue weighted by Crippen LogP contribution is 2.15. The standard InChI is InChI=1S/C17H30N2Si/c1-5-19(16-10-12-18-13-11-16)14-15-6-8-17(9-7-15)20(2,3)4/h6-9,16,18H,5,10-14H2,1-4H3. The van der Waals surface area contributed by atoms with Gasteiger partial charge in [0.15, 0.2) is 0 Å². The van der Waals surface area contributed by atoms with E-state index in [2.05, 4.69) is 61.0 Å². The Morgan fingerprint density at radius 1 is 1.10 bits per heavy atom.